The monoisotopic (exact) mass is 291 g/mol. The van der Waals surface area contributed by atoms with Crippen LogP contribution in [0.25, 0.3) is 10.8 Å². The van der Waals surface area contributed by atoms with E-state index < -0.39 is 4.92 Å². The second-order valence-electron chi connectivity index (χ2n) is 4.49. The van der Waals surface area contributed by atoms with Crippen molar-refractivity contribution >= 4 is 22.1 Å². The summed E-state index contributed by atoms with van der Waals surface area (Å²) in [4.78, 5) is 16.7. The maximum absolute atomic E-state index is 11.1. The first-order chi connectivity index (χ1) is 10.2. The zero-order valence-electron chi connectivity index (χ0n) is 11.7. The summed E-state index contributed by atoms with van der Waals surface area (Å²) in [5.41, 5.74) is 0.849. The largest absolute Gasteiger partial charge is 0.395 e. The Labute approximate surface area is 121 Å². The number of nitro groups is 1. The van der Waals surface area contributed by atoms with Crippen LogP contribution in [-0.4, -0.2) is 48.4 Å². The van der Waals surface area contributed by atoms with Crippen LogP contribution < -0.4 is 4.90 Å². The van der Waals surface area contributed by atoms with Crippen LogP contribution in [0.2, 0.25) is 0 Å². The normalized spacial score (nSPS) is 10.8. The first kappa shape index (κ1) is 15.1. The molecule has 0 saturated heterocycles. The lowest BCUT2D eigenvalue weighted by molar-refractivity contribution is -0.383. The summed E-state index contributed by atoms with van der Waals surface area (Å²) in [7, 11) is 1.60. The fraction of sp³-hybridized carbons (Fsp3) is 0.357. The van der Waals surface area contributed by atoms with E-state index in [1.54, 1.807) is 25.4 Å². The van der Waals surface area contributed by atoms with Crippen molar-refractivity contribution in [1.82, 2.24) is 4.98 Å². The molecule has 0 bridgehead atoms. The minimum atomic E-state index is -0.405. The molecule has 0 spiro atoms. The SMILES string of the molecule is COCCN(CCO)c1ccc([N+](=O)[O-])c2ccncc12. The molecule has 0 saturated carbocycles. The molecular formula is C14H17N3O4. The first-order valence-electron chi connectivity index (χ1n) is 6.55. The molecule has 7 heteroatoms. The average Bonchev–Trinajstić information content (AvgIpc) is 2.50. The van der Waals surface area contributed by atoms with Crippen molar-refractivity contribution in [3.05, 3.63) is 40.7 Å². The number of hydrogen-bond donors (Lipinski definition) is 1. The van der Waals surface area contributed by atoms with Gasteiger partial charge in [-0.2, -0.15) is 0 Å². The van der Waals surface area contributed by atoms with Crippen LogP contribution in [0.1, 0.15) is 0 Å². The smallest absolute Gasteiger partial charge is 0.277 e. The summed E-state index contributed by atoms with van der Waals surface area (Å²) in [6.07, 6.45) is 3.14. The van der Waals surface area contributed by atoms with Crippen LogP contribution in [0, 0.1) is 10.1 Å². The van der Waals surface area contributed by atoms with Gasteiger partial charge in [-0.05, 0) is 12.1 Å². The molecule has 0 aliphatic carbocycles. The van der Waals surface area contributed by atoms with E-state index in [2.05, 4.69) is 4.98 Å². The molecule has 7 nitrogen and oxygen atoms in total. The summed E-state index contributed by atoms with van der Waals surface area (Å²) in [5, 5.41) is 21.5. The molecule has 0 aliphatic rings. The Morgan fingerprint density at radius 2 is 2.14 bits per heavy atom. The van der Waals surface area contributed by atoms with E-state index in [1.807, 2.05) is 4.90 Å². The van der Waals surface area contributed by atoms with E-state index >= 15 is 0 Å². The van der Waals surface area contributed by atoms with Crippen molar-refractivity contribution in [2.24, 2.45) is 0 Å². The zero-order valence-corrected chi connectivity index (χ0v) is 11.7. The molecule has 0 unspecified atom stereocenters. The van der Waals surface area contributed by atoms with E-state index in [-0.39, 0.29) is 12.3 Å². The molecule has 1 heterocycles. The first-order valence-corrected chi connectivity index (χ1v) is 6.55. The number of non-ortho nitro benzene ring substituents is 1. The summed E-state index contributed by atoms with van der Waals surface area (Å²) < 4.78 is 5.07. The molecule has 2 rings (SSSR count). The molecule has 21 heavy (non-hydrogen) atoms. The number of anilines is 1. The number of methoxy groups -OCH3 is 1. The second kappa shape index (κ2) is 6.96. The Hall–Kier alpha value is -2.25. The highest BCUT2D eigenvalue weighted by molar-refractivity contribution is 5.99. The van der Waals surface area contributed by atoms with Gasteiger partial charge in [-0.25, -0.2) is 0 Å². The topological polar surface area (TPSA) is 88.7 Å². The molecule has 0 radical (unpaired) electrons. The molecule has 2 aromatic rings. The molecule has 0 amide bonds. The lowest BCUT2D eigenvalue weighted by atomic mass is 10.1. The van der Waals surface area contributed by atoms with Crippen LogP contribution >= 0.6 is 0 Å². The van der Waals surface area contributed by atoms with Gasteiger partial charge in [0.15, 0.2) is 0 Å². The molecule has 1 N–H and O–H groups in total. The Morgan fingerprint density at radius 1 is 1.33 bits per heavy atom. The predicted molar refractivity (Wildman–Crippen MR) is 79.6 cm³/mol. The number of ether oxygens (including phenoxy) is 1. The molecule has 1 aromatic carbocycles. The zero-order chi connectivity index (χ0) is 15.2. The third kappa shape index (κ3) is 3.26. The standard InChI is InChI=1S/C14H17N3O4/c1-21-9-7-16(6-8-18)13-2-3-14(17(19)20)11-4-5-15-10-12(11)13/h2-5,10,18H,6-9H2,1H3. The number of fused-ring (bicyclic) bond motifs is 1. The summed E-state index contributed by atoms with van der Waals surface area (Å²) in [5.74, 6) is 0. The van der Waals surface area contributed by atoms with Crippen LogP contribution in [-0.2, 0) is 4.74 Å². The maximum Gasteiger partial charge on any atom is 0.277 e. The number of nitro benzene ring substituents is 1. The summed E-state index contributed by atoms with van der Waals surface area (Å²) in [6.45, 7) is 1.49. The van der Waals surface area contributed by atoms with Gasteiger partial charge in [0, 0.05) is 49.7 Å². The predicted octanol–water partition coefficient (Wildman–Crippen LogP) is 1.59. The third-order valence-corrected chi connectivity index (χ3v) is 3.24. The number of benzene rings is 1. The van der Waals surface area contributed by atoms with E-state index in [4.69, 9.17) is 4.74 Å². The molecular weight excluding hydrogens is 274 g/mol. The molecule has 0 aliphatic heterocycles. The Morgan fingerprint density at radius 3 is 2.81 bits per heavy atom. The molecule has 112 valence electrons. The number of aromatic nitrogens is 1. The third-order valence-electron chi connectivity index (χ3n) is 3.24. The molecule has 0 fully saturated rings. The van der Waals surface area contributed by atoms with E-state index in [0.29, 0.717) is 30.5 Å². The summed E-state index contributed by atoms with van der Waals surface area (Å²) >= 11 is 0. The van der Waals surface area contributed by atoms with Gasteiger partial charge in [0.1, 0.15) is 0 Å². The molecule has 0 atom stereocenters. The van der Waals surface area contributed by atoms with E-state index in [1.165, 1.54) is 12.3 Å². The number of aliphatic hydroxyl groups excluding tert-OH is 1. The number of rotatable bonds is 7. The Kier molecular flexibility index (Phi) is 5.02. The minimum Gasteiger partial charge on any atom is -0.395 e. The van der Waals surface area contributed by atoms with Gasteiger partial charge in [-0.15, -0.1) is 0 Å². The highest BCUT2D eigenvalue weighted by atomic mass is 16.6. The van der Waals surface area contributed by atoms with Gasteiger partial charge in [-0.1, -0.05) is 0 Å². The van der Waals surface area contributed by atoms with Gasteiger partial charge < -0.3 is 14.7 Å². The quantitative estimate of drug-likeness (QED) is 0.615. The van der Waals surface area contributed by atoms with Gasteiger partial charge >= 0.3 is 0 Å². The number of pyridine rings is 1. The van der Waals surface area contributed by atoms with Crippen LogP contribution in [0.5, 0.6) is 0 Å². The van der Waals surface area contributed by atoms with E-state index in [0.717, 1.165) is 5.69 Å². The average molecular weight is 291 g/mol. The fourth-order valence-corrected chi connectivity index (χ4v) is 2.27. The van der Waals surface area contributed by atoms with Crippen LogP contribution in [0.4, 0.5) is 11.4 Å². The number of aliphatic hydroxyl groups is 1. The van der Waals surface area contributed by atoms with Crippen molar-refractivity contribution in [3.8, 4) is 0 Å². The van der Waals surface area contributed by atoms with Gasteiger partial charge in [0.25, 0.3) is 5.69 Å². The highest BCUT2D eigenvalue weighted by Gasteiger charge is 2.17. The number of hydrogen-bond acceptors (Lipinski definition) is 6. The lowest BCUT2D eigenvalue weighted by Crippen LogP contribution is -2.30. The Bertz CT molecular complexity index is 633. The van der Waals surface area contributed by atoms with E-state index in [9.17, 15) is 15.2 Å². The lowest BCUT2D eigenvalue weighted by Gasteiger charge is -2.24. The molecule has 1 aromatic heterocycles. The van der Waals surface area contributed by atoms with Crippen LogP contribution in [0.15, 0.2) is 30.6 Å². The minimum absolute atomic E-state index is 0.0115. The highest BCUT2D eigenvalue weighted by Crippen LogP contribution is 2.32. The fourth-order valence-electron chi connectivity index (χ4n) is 2.27. The van der Waals surface area contributed by atoms with Crippen LogP contribution in [0.3, 0.4) is 0 Å². The second-order valence-corrected chi connectivity index (χ2v) is 4.49. The number of nitrogens with zero attached hydrogens (tertiary/aromatic N) is 3. The van der Waals surface area contributed by atoms with Crippen molar-refractivity contribution in [2.75, 3.05) is 38.3 Å². The van der Waals surface area contributed by atoms with Crippen molar-refractivity contribution in [2.45, 2.75) is 0 Å². The van der Waals surface area contributed by atoms with Gasteiger partial charge in [0.05, 0.1) is 23.5 Å². The van der Waals surface area contributed by atoms with Crippen molar-refractivity contribution in [3.63, 3.8) is 0 Å². The van der Waals surface area contributed by atoms with Crippen molar-refractivity contribution < 1.29 is 14.8 Å². The van der Waals surface area contributed by atoms with Crippen molar-refractivity contribution in [1.29, 1.82) is 0 Å². The Balaban J connectivity index is 2.52. The van der Waals surface area contributed by atoms with Gasteiger partial charge in [-0.3, -0.25) is 15.1 Å². The maximum atomic E-state index is 11.1. The summed E-state index contributed by atoms with van der Waals surface area (Å²) in [6, 6.07) is 4.80. The van der Waals surface area contributed by atoms with Gasteiger partial charge in [0.2, 0.25) is 0 Å².